The van der Waals surface area contributed by atoms with Crippen molar-refractivity contribution in [1.29, 1.82) is 0 Å². The topological polar surface area (TPSA) is 92.3 Å². The number of carbonyl (C=O) groups is 1. The van der Waals surface area contributed by atoms with Crippen LogP contribution in [0.15, 0.2) is 59.5 Å². The maximum Gasteiger partial charge on any atom is 0.257 e. The van der Waals surface area contributed by atoms with E-state index in [1.807, 2.05) is 25.1 Å². The van der Waals surface area contributed by atoms with Crippen molar-refractivity contribution in [3.05, 3.63) is 70.7 Å². The first-order valence-corrected chi connectivity index (χ1v) is 12.0. The zero-order valence-electron chi connectivity index (χ0n) is 16.5. The van der Waals surface area contributed by atoms with Crippen LogP contribution in [0.2, 0.25) is 0 Å². The maximum atomic E-state index is 12.9. The lowest BCUT2D eigenvalue weighted by Crippen LogP contribution is -2.37. The lowest BCUT2D eigenvalue weighted by atomic mass is 9.99. The number of anilines is 1. The summed E-state index contributed by atoms with van der Waals surface area (Å²) >= 11 is 1.35. The fourth-order valence-corrected chi connectivity index (χ4v) is 5.79. The van der Waals surface area contributed by atoms with E-state index in [1.54, 1.807) is 36.4 Å². The van der Waals surface area contributed by atoms with Gasteiger partial charge in [0, 0.05) is 24.6 Å². The van der Waals surface area contributed by atoms with Crippen LogP contribution in [-0.2, 0) is 10.0 Å². The van der Waals surface area contributed by atoms with Gasteiger partial charge in [0.05, 0.1) is 4.90 Å². The van der Waals surface area contributed by atoms with E-state index in [9.17, 15) is 13.2 Å². The highest BCUT2D eigenvalue weighted by atomic mass is 32.2. The van der Waals surface area contributed by atoms with Crippen LogP contribution in [0.1, 0.15) is 39.7 Å². The Balaban J connectivity index is 1.38. The Hall–Kier alpha value is -2.62. The summed E-state index contributed by atoms with van der Waals surface area (Å²) in [5.41, 5.74) is 1.59. The van der Waals surface area contributed by atoms with Gasteiger partial charge in [0.15, 0.2) is 0 Å². The molecule has 30 heavy (non-hydrogen) atoms. The summed E-state index contributed by atoms with van der Waals surface area (Å²) in [5.74, 6) is -0.0911. The number of hydrogen-bond acceptors (Lipinski definition) is 6. The van der Waals surface area contributed by atoms with Crippen molar-refractivity contribution in [3.8, 4) is 0 Å². The van der Waals surface area contributed by atoms with Gasteiger partial charge in [-0.25, -0.2) is 8.42 Å². The van der Waals surface area contributed by atoms with Crippen LogP contribution in [0.25, 0.3) is 0 Å². The number of piperidine rings is 1. The molecule has 0 unspecified atom stereocenters. The Morgan fingerprint density at radius 1 is 1.03 bits per heavy atom. The van der Waals surface area contributed by atoms with Gasteiger partial charge in [0.2, 0.25) is 15.2 Å². The maximum absolute atomic E-state index is 12.9. The van der Waals surface area contributed by atoms with Crippen molar-refractivity contribution >= 4 is 32.4 Å². The first-order valence-electron chi connectivity index (χ1n) is 9.70. The highest BCUT2D eigenvalue weighted by Gasteiger charge is 2.31. The predicted molar refractivity (Wildman–Crippen MR) is 116 cm³/mol. The molecule has 156 valence electrons. The number of nitrogens with one attached hydrogen (secondary N) is 1. The van der Waals surface area contributed by atoms with E-state index < -0.39 is 10.0 Å². The largest absolute Gasteiger partial charge is 0.296 e. The summed E-state index contributed by atoms with van der Waals surface area (Å²) < 4.78 is 27.2. The van der Waals surface area contributed by atoms with Gasteiger partial charge in [-0.05, 0) is 44.0 Å². The second-order valence-corrected chi connectivity index (χ2v) is 10.2. The number of nitrogens with zero attached hydrogens (tertiary/aromatic N) is 3. The zero-order valence-corrected chi connectivity index (χ0v) is 18.1. The third-order valence-electron chi connectivity index (χ3n) is 5.16. The number of aromatic nitrogens is 2. The molecule has 2 heterocycles. The molecule has 4 rings (SSSR count). The van der Waals surface area contributed by atoms with Crippen molar-refractivity contribution in [2.75, 3.05) is 18.4 Å². The Morgan fingerprint density at radius 3 is 2.37 bits per heavy atom. The first-order chi connectivity index (χ1) is 14.4. The summed E-state index contributed by atoms with van der Waals surface area (Å²) in [5, 5.41) is 12.4. The van der Waals surface area contributed by atoms with Gasteiger partial charge in [0.1, 0.15) is 5.01 Å². The Morgan fingerprint density at radius 2 is 1.70 bits per heavy atom. The molecule has 0 bridgehead atoms. The van der Waals surface area contributed by atoms with E-state index in [4.69, 9.17) is 0 Å². The molecule has 1 aliphatic heterocycles. The second kappa shape index (κ2) is 8.63. The molecule has 1 N–H and O–H groups in total. The van der Waals surface area contributed by atoms with Crippen LogP contribution >= 0.6 is 11.3 Å². The Kier molecular flexibility index (Phi) is 5.94. The summed E-state index contributed by atoms with van der Waals surface area (Å²) in [6, 6.07) is 15.9. The smallest absolute Gasteiger partial charge is 0.257 e. The van der Waals surface area contributed by atoms with Crippen LogP contribution < -0.4 is 5.32 Å². The molecule has 9 heteroatoms. The molecule has 1 amide bonds. The SMILES string of the molecule is Cc1ccc(S(=O)(=O)N2CCC(c3nnc(NC(=O)c4ccccc4)s3)CC2)cc1. The predicted octanol–water partition coefficient (Wildman–Crippen LogP) is 3.67. The minimum Gasteiger partial charge on any atom is -0.296 e. The zero-order chi connectivity index (χ0) is 21.1. The lowest BCUT2D eigenvalue weighted by Gasteiger charge is -2.30. The summed E-state index contributed by atoms with van der Waals surface area (Å²) in [4.78, 5) is 12.6. The van der Waals surface area contributed by atoms with E-state index >= 15 is 0 Å². The van der Waals surface area contributed by atoms with Gasteiger partial charge in [0.25, 0.3) is 5.91 Å². The molecule has 1 aliphatic rings. The summed E-state index contributed by atoms with van der Waals surface area (Å²) in [6.07, 6.45) is 1.35. The molecule has 0 radical (unpaired) electrons. The van der Waals surface area contributed by atoms with E-state index in [0.29, 0.717) is 41.5 Å². The third kappa shape index (κ3) is 4.43. The molecule has 1 saturated heterocycles. The van der Waals surface area contributed by atoms with Gasteiger partial charge in [-0.15, -0.1) is 10.2 Å². The normalized spacial score (nSPS) is 15.8. The van der Waals surface area contributed by atoms with E-state index in [1.165, 1.54) is 15.6 Å². The van der Waals surface area contributed by atoms with Gasteiger partial charge in [-0.3, -0.25) is 10.1 Å². The second-order valence-electron chi connectivity index (χ2n) is 7.26. The molecule has 7 nitrogen and oxygen atoms in total. The van der Waals surface area contributed by atoms with Gasteiger partial charge in [-0.2, -0.15) is 4.31 Å². The van der Waals surface area contributed by atoms with Gasteiger partial charge < -0.3 is 0 Å². The minimum absolute atomic E-state index is 0.134. The van der Waals surface area contributed by atoms with Crippen LogP contribution in [0.3, 0.4) is 0 Å². The number of sulfonamides is 1. The molecule has 0 spiro atoms. The van der Waals surface area contributed by atoms with Crippen molar-refractivity contribution in [2.45, 2.75) is 30.6 Å². The number of aryl methyl sites for hydroxylation is 1. The van der Waals surface area contributed by atoms with E-state index in [-0.39, 0.29) is 11.8 Å². The molecule has 0 aliphatic carbocycles. The molecular weight excluding hydrogens is 420 g/mol. The average Bonchev–Trinajstić information content (AvgIpc) is 3.23. The monoisotopic (exact) mass is 442 g/mol. The molecule has 0 saturated carbocycles. The number of rotatable bonds is 5. The summed E-state index contributed by atoms with van der Waals surface area (Å²) in [6.45, 7) is 2.80. The van der Waals surface area contributed by atoms with E-state index in [0.717, 1.165) is 10.6 Å². The number of carbonyl (C=O) groups excluding carboxylic acids is 1. The number of hydrogen-bond donors (Lipinski definition) is 1. The Bertz CT molecular complexity index is 1120. The third-order valence-corrected chi connectivity index (χ3v) is 8.07. The van der Waals surface area contributed by atoms with Crippen LogP contribution in [0, 0.1) is 6.92 Å². The van der Waals surface area contributed by atoms with Crippen molar-refractivity contribution < 1.29 is 13.2 Å². The Labute approximate surface area is 179 Å². The molecule has 3 aromatic rings. The highest BCUT2D eigenvalue weighted by molar-refractivity contribution is 7.89. The standard InChI is InChI=1S/C21H22N4O3S2/c1-15-7-9-18(10-8-15)30(27,28)25-13-11-17(12-14-25)20-23-24-21(29-20)22-19(26)16-5-3-2-4-6-16/h2-10,17H,11-14H2,1H3,(H,22,24,26). The lowest BCUT2D eigenvalue weighted by molar-refractivity contribution is 0.102. The van der Waals surface area contributed by atoms with Crippen molar-refractivity contribution in [1.82, 2.24) is 14.5 Å². The first kappa shape index (κ1) is 20.6. The quantitative estimate of drug-likeness (QED) is 0.651. The van der Waals surface area contributed by atoms with E-state index in [2.05, 4.69) is 15.5 Å². The van der Waals surface area contributed by atoms with Crippen LogP contribution in [0.4, 0.5) is 5.13 Å². The minimum atomic E-state index is -3.48. The van der Waals surface area contributed by atoms with Gasteiger partial charge in [-0.1, -0.05) is 47.2 Å². The molecule has 0 atom stereocenters. The molecular formula is C21H22N4O3S2. The molecule has 1 aromatic heterocycles. The molecule has 2 aromatic carbocycles. The number of amides is 1. The van der Waals surface area contributed by atoms with Gasteiger partial charge >= 0.3 is 0 Å². The average molecular weight is 443 g/mol. The molecule has 1 fully saturated rings. The van der Waals surface area contributed by atoms with Crippen molar-refractivity contribution in [2.24, 2.45) is 0 Å². The van der Waals surface area contributed by atoms with Crippen LogP contribution in [-0.4, -0.2) is 41.9 Å². The highest BCUT2D eigenvalue weighted by Crippen LogP contribution is 2.33. The summed E-state index contributed by atoms with van der Waals surface area (Å²) in [7, 11) is -3.48. The van der Waals surface area contributed by atoms with Crippen LogP contribution in [0.5, 0.6) is 0 Å². The fourth-order valence-electron chi connectivity index (χ4n) is 3.41. The fraction of sp³-hybridized carbons (Fsp3) is 0.286. The number of benzene rings is 2. The van der Waals surface area contributed by atoms with Crippen molar-refractivity contribution in [3.63, 3.8) is 0 Å².